The first-order chi connectivity index (χ1) is 9.56. The number of hydrogen-bond acceptors (Lipinski definition) is 3. The molecule has 0 amide bonds. The van der Waals surface area contributed by atoms with Crippen LogP contribution in [0.4, 0.5) is 0 Å². The van der Waals surface area contributed by atoms with Crippen LogP contribution in [-0.4, -0.2) is 11.7 Å². The van der Waals surface area contributed by atoms with Gasteiger partial charge in [0.15, 0.2) is 0 Å². The number of aliphatic hydroxyl groups is 1. The van der Waals surface area contributed by atoms with E-state index in [-0.39, 0.29) is 5.92 Å². The van der Waals surface area contributed by atoms with E-state index in [1.807, 2.05) is 18.2 Å². The van der Waals surface area contributed by atoms with Crippen molar-refractivity contribution in [3.05, 3.63) is 55.7 Å². The minimum absolute atomic E-state index is 0.187. The summed E-state index contributed by atoms with van der Waals surface area (Å²) in [5.41, 5.74) is 6.74. The van der Waals surface area contributed by atoms with Crippen molar-refractivity contribution < 1.29 is 5.11 Å². The third-order valence-corrected chi connectivity index (χ3v) is 5.37. The summed E-state index contributed by atoms with van der Waals surface area (Å²) in [6.07, 6.45) is 0.347. The first-order valence-electron chi connectivity index (χ1n) is 6.48. The highest BCUT2D eigenvalue weighted by molar-refractivity contribution is 7.12. The lowest BCUT2D eigenvalue weighted by Gasteiger charge is -2.21. The molecule has 0 fully saturated rings. The predicted octanol–water partition coefficient (Wildman–Crippen LogP) is 4.39. The van der Waals surface area contributed by atoms with Crippen molar-refractivity contribution in [3.8, 4) is 0 Å². The van der Waals surface area contributed by atoms with Gasteiger partial charge in [-0.2, -0.15) is 0 Å². The number of halogens is 2. The Morgan fingerprint density at radius 1 is 1.20 bits per heavy atom. The molecular formula is C15H17Cl2NOS. The Morgan fingerprint density at radius 3 is 2.50 bits per heavy atom. The topological polar surface area (TPSA) is 46.2 Å². The average Bonchev–Trinajstić information content (AvgIpc) is 2.92. The van der Waals surface area contributed by atoms with E-state index in [2.05, 4.69) is 6.92 Å². The van der Waals surface area contributed by atoms with Gasteiger partial charge in [0.25, 0.3) is 0 Å². The first kappa shape index (κ1) is 15.8. The van der Waals surface area contributed by atoms with Crippen LogP contribution < -0.4 is 5.73 Å². The molecule has 1 aromatic heterocycles. The molecule has 2 atom stereocenters. The molecule has 108 valence electrons. The van der Waals surface area contributed by atoms with Crippen molar-refractivity contribution in [2.24, 2.45) is 5.73 Å². The van der Waals surface area contributed by atoms with Gasteiger partial charge >= 0.3 is 0 Å². The quantitative estimate of drug-likeness (QED) is 0.854. The van der Waals surface area contributed by atoms with Gasteiger partial charge in [-0.15, -0.1) is 11.3 Å². The zero-order valence-corrected chi connectivity index (χ0v) is 13.5. The number of thiophene rings is 1. The molecule has 0 saturated heterocycles. The lowest BCUT2D eigenvalue weighted by Crippen LogP contribution is -2.19. The van der Waals surface area contributed by atoms with Gasteiger partial charge in [-0.3, -0.25) is 0 Å². The molecule has 1 aromatic carbocycles. The molecule has 2 unspecified atom stereocenters. The molecule has 0 spiro atoms. The Morgan fingerprint density at radius 2 is 1.95 bits per heavy atom. The van der Waals surface area contributed by atoms with Crippen LogP contribution in [0.15, 0.2) is 30.3 Å². The molecule has 3 N–H and O–H groups in total. The van der Waals surface area contributed by atoms with Gasteiger partial charge in [0, 0.05) is 22.2 Å². The Kier molecular flexibility index (Phi) is 5.47. The maximum atomic E-state index is 10.6. The first-order valence-corrected chi connectivity index (χ1v) is 8.05. The minimum Gasteiger partial charge on any atom is -0.387 e. The average molecular weight is 330 g/mol. The number of rotatable bonds is 5. The van der Waals surface area contributed by atoms with Crippen molar-refractivity contribution >= 4 is 34.5 Å². The third-order valence-electron chi connectivity index (χ3n) is 3.33. The van der Waals surface area contributed by atoms with E-state index in [1.54, 1.807) is 23.5 Å². The summed E-state index contributed by atoms with van der Waals surface area (Å²) in [5.74, 6) is -0.187. The maximum absolute atomic E-state index is 10.6. The van der Waals surface area contributed by atoms with E-state index in [0.29, 0.717) is 16.6 Å². The van der Waals surface area contributed by atoms with Gasteiger partial charge in [0.2, 0.25) is 0 Å². The Balaban J connectivity index is 2.28. The summed E-state index contributed by atoms with van der Waals surface area (Å²) in [6.45, 7) is 2.44. The van der Waals surface area contributed by atoms with Crippen LogP contribution in [0.2, 0.25) is 10.0 Å². The minimum atomic E-state index is -0.623. The van der Waals surface area contributed by atoms with E-state index in [9.17, 15) is 5.11 Å². The van der Waals surface area contributed by atoms with Crippen molar-refractivity contribution in [1.82, 2.24) is 0 Å². The van der Waals surface area contributed by atoms with Crippen molar-refractivity contribution in [2.45, 2.75) is 25.4 Å². The van der Waals surface area contributed by atoms with E-state index < -0.39 is 6.10 Å². The number of benzene rings is 1. The molecule has 0 saturated carbocycles. The normalized spacial score (nSPS) is 14.2. The molecule has 2 nitrogen and oxygen atoms in total. The fourth-order valence-corrected chi connectivity index (χ4v) is 3.44. The van der Waals surface area contributed by atoms with Crippen LogP contribution in [-0.2, 0) is 6.42 Å². The molecule has 1 heterocycles. The van der Waals surface area contributed by atoms with Crippen LogP contribution in [0, 0.1) is 0 Å². The summed E-state index contributed by atoms with van der Waals surface area (Å²) in [5, 5.41) is 11.5. The molecule has 0 aliphatic carbocycles. The smallest absolute Gasteiger partial charge is 0.0962 e. The molecule has 0 bridgehead atoms. The van der Waals surface area contributed by atoms with E-state index >= 15 is 0 Å². The summed E-state index contributed by atoms with van der Waals surface area (Å²) < 4.78 is 0. The highest BCUT2D eigenvalue weighted by atomic mass is 35.5. The Bertz CT molecular complexity index is 585. The fraction of sp³-hybridized carbons (Fsp3) is 0.333. The molecule has 2 rings (SSSR count). The van der Waals surface area contributed by atoms with Gasteiger partial charge in [0.1, 0.15) is 0 Å². The standard InChI is InChI=1S/C15H17Cl2NOS/c1-2-10-4-6-14(20-10)15(19)11(8-18)9-3-5-12(16)13(17)7-9/h3-7,11,15,19H,2,8,18H2,1H3. The SMILES string of the molecule is CCc1ccc(C(O)C(CN)c2ccc(Cl)c(Cl)c2)s1. The predicted molar refractivity (Wildman–Crippen MR) is 86.9 cm³/mol. The monoisotopic (exact) mass is 329 g/mol. The Hall–Kier alpha value is -0.580. The maximum Gasteiger partial charge on any atom is 0.0962 e. The number of nitrogens with two attached hydrogens (primary N) is 1. The van der Waals surface area contributed by atoms with Crippen LogP contribution in [0.5, 0.6) is 0 Å². The molecule has 20 heavy (non-hydrogen) atoms. The summed E-state index contributed by atoms with van der Waals surface area (Å²) >= 11 is 13.6. The van der Waals surface area contributed by atoms with Gasteiger partial charge < -0.3 is 10.8 Å². The summed E-state index contributed by atoms with van der Waals surface area (Å²) in [4.78, 5) is 2.19. The van der Waals surface area contributed by atoms with E-state index in [4.69, 9.17) is 28.9 Å². The van der Waals surface area contributed by atoms with Crippen LogP contribution >= 0.6 is 34.5 Å². The van der Waals surface area contributed by atoms with Gasteiger partial charge in [-0.25, -0.2) is 0 Å². The number of aliphatic hydroxyl groups excluding tert-OH is 1. The number of aryl methyl sites for hydroxylation is 1. The van der Waals surface area contributed by atoms with E-state index in [0.717, 1.165) is 16.9 Å². The largest absolute Gasteiger partial charge is 0.387 e. The molecule has 2 aromatic rings. The second-order valence-electron chi connectivity index (χ2n) is 4.62. The number of hydrogen-bond donors (Lipinski definition) is 2. The van der Waals surface area contributed by atoms with Crippen LogP contribution in [0.25, 0.3) is 0 Å². The highest BCUT2D eigenvalue weighted by Crippen LogP contribution is 2.36. The summed E-state index contributed by atoms with van der Waals surface area (Å²) in [6, 6.07) is 9.39. The highest BCUT2D eigenvalue weighted by Gasteiger charge is 2.23. The molecule has 0 aliphatic rings. The molecule has 0 radical (unpaired) electrons. The lowest BCUT2D eigenvalue weighted by molar-refractivity contribution is 0.151. The van der Waals surface area contributed by atoms with Crippen LogP contribution in [0.3, 0.4) is 0 Å². The summed E-state index contributed by atoms with van der Waals surface area (Å²) in [7, 11) is 0. The van der Waals surface area contributed by atoms with Crippen molar-refractivity contribution in [2.75, 3.05) is 6.54 Å². The lowest BCUT2D eigenvalue weighted by atomic mass is 9.92. The second kappa shape index (κ2) is 6.92. The molecule has 0 aliphatic heterocycles. The van der Waals surface area contributed by atoms with Crippen molar-refractivity contribution in [3.63, 3.8) is 0 Å². The van der Waals surface area contributed by atoms with Gasteiger partial charge in [0.05, 0.1) is 16.1 Å². The van der Waals surface area contributed by atoms with Gasteiger partial charge in [-0.05, 0) is 36.2 Å². The van der Waals surface area contributed by atoms with Crippen molar-refractivity contribution in [1.29, 1.82) is 0 Å². The van der Waals surface area contributed by atoms with Gasteiger partial charge in [-0.1, -0.05) is 36.2 Å². The molecular weight excluding hydrogens is 313 g/mol. The zero-order chi connectivity index (χ0) is 14.7. The second-order valence-corrected chi connectivity index (χ2v) is 6.63. The van der Waals surface area contributed by atoms with Crippen LogP contribution in [0.1, 0.15) is 34.3 Å². The van der Waals surface area contributed by atoms with E-state index in [1.165, 1.54) is 4.88 Å². The third kappa shape index (κ3) is 3.35. The zero-order valence-electron chi connectivity index (χ0n) is 11.1. The molecule has 5 heteroatoms. The fourth-order valence-electron chi connectivity index (χ4n) is 2.13. The Labute approximate surface area is 133 Å².